The lowest BCUT2D eigenvalue weighted by molar-refractivity contribution is -0.139. The number of urea groups is 1. The van der Waals surface area contributed by atoms with Crippen LogP contribution in [0.5, 0.6) is 0 Å². The molecule has 1 saturated heterocycles. The van der Waals surface area contributed by atoms with E-state index in [-0.39, 0.29) is 18.1 Å². The highest BCUT2D eigenvalue weighted by atomic mass is 16.4. The Morgan fingerprint density at radius 2 is 1.87 bits per heavy atom. The molecule has 172 valence electrons. The second kappa shape index (κ2) is 11.3. The maximum absolute atomic E-state index is 12.5. The minimum Gasteiger partial charge on any atom is -0.480 e. The maximum atomic E-state index is 12.5. The zero-order chi connectivity index (χ0) is 22.2. The zero-order valence-electron chi connectivity index (χ0n) is 19.0. The summed E-state index contributed by atoms with van der Waals surface area (Å²) in [5, 5.41) is 15.6. The molecule has 2 aliphatic heterocycles. The summed E-state index contributed by atoms with van der Waals surface area (Å²) in [4.78, 5) is 30.6. The van der Waals surface area contributed by atoms with Crippen LogP contribution in [0.15, 0.2) is 12.1 Å². The molecular weight excluding hydrogens is 392 g/mol. The molecule has 3 atom stereocenters. The summed E-state index contributed by atoms with van der Waals surface area (Å²) in [7, 11) is 0. The number of nitrogens with zero attached hydrogens (tertiary/aromatic N) is 2. The smallest absolute Gasteiger partial charge is 0.326 e. The number of carbonyl (C=O) groups excluding carboxylic acids is 1. The summed E-state index contributed by atoms with van der Waals surface area (Å²) < 4.78 is 0. The third-order valence-corrected chi connectivity index (χ3v) is 6.66. The second-order valence-corrected chi connectivity index (χ2v) is 9.17. The van der Waals surface area contributed by atoms with Gasteiger partial charge in [-0.05, 0) is 70.4 Å². The van der Waals surface area contributed by atoms with Gasteiger partial charge in [0.2, 0.25) is 0 Å². The Hall–Kier alpha value is -2.31. The van der Waals surface area contributed by atoms with E-state index in [4.69, 9.17) is 4.98 Å². The number of fused-ring (bicyclic) bond motifs is 1. The van der Waals surface area contributed by atoms with Gasteiger partial charge in [0.05, 0.1) is 0 Å². The first-order chi connectivity index (χ1) is 15.0. The SMILES string of the molecule is C[C@@H]1CC[C@@H](C)N1C(=O)N[C@@H](CCCCCCCc1ccc2c(n1)NCCC2)C(=O)O. The van der Waals surface area contributed by atoms with Gasteiger partial charge in [-0.3, -0.25) is 0 Å². The van der Waals surface area contributed by atoms with Crippen molar-refractivity contribution in [2.24, 2.45) is 0 Å². The lowest BCUT2D eigenvalue weighted by atomic mass is 10.0. The molecule has 0 unspecified atom stereocenters. The Kier molecular flexibility index (Phi) is 8.55. The summed E-state index contributed by atoms with van der Waals surface area (Å²) in [6.45, 7) is 5.06. The number of rotatable bonds is 10. The van der Waals surface area contributed by atoms with Crippen LogP contribution in [0.3, 0.4) is 0 Å². The van der Waals surface area contributed by atoms with Gasteiger partial charge in [-0.2, -0.15) is 0 Å². The Balaban J connectivity index is 1.31. The van der Waals surface area contributed by atoms with Crippen LogP contribution in [0.1, 0.15) is 82.9 Å². The van der Waals surface area contributed by atoms with Gasteiger partial charge in [0.25, 0.3) is 0 Å². The van der Waals surface area contributed by atoms with Crippen LogP contribution in [0.2, 0.25) is 0 Å². The molecule has 0 saturated carbocycles. The molecule has 2 amide bonds. The third kappa shape index (κ3) is 6.58. The largest absolute Gasteiger partial charge is 0.480 e. The molecule has 2 aliphatic rings. The molecule has 1 fully saturated rings. The van der Waals surface area contributed by atoms with Crippen molar-refractivity contribution in [3.8, 4) is 0 Å². The predicted octanol–water partition coefficient (Wildman–Crippen LogP) is 4.36. The first-order valence-electron chi connectivity index (χ1n) is 12.0. The van der Waals surface area contributed by atoms with Gasteiger partial charge in [0.15, 0.2) is 0 Å². The van der Waals surface area contributed by atoms with Crippen LogP contribution in [0.25, 0.3) is 0 Å². The number of carbonyl (C=O) groups is 2. The molecule has 0 radical (unpaired) electrons. The molecule has 7 nitrogen and oxygen atoms in total. The maximum Gasteiger partial charge on any atom is 0.326 e. The van der Waals surface area contributed by atoms with Gasteiger partial charge < -0.3 is 20.6 Å². The normalized spacial score (nSPS) is 21.3. The number of aliphatic carboxylic acids is 1. The molecule has 0 aliphatic carbocycles. The molecule has 0 spiro atoms. The van der Waals surface area contributed by atoms with Crippen LogP contribution >= 0.6 is 0 Å². The molecule has 3 rings (SSSR count). The Labute approximate surface area is 186 Å². The Bertz CT molecular complexity index is 744. The number of hydrogen-bond acceptors (Lipinski definition) is 4. The van der Waals surface area contributed by atoms with E-state index < -0.39 is 12.0 Å². The average molecular weight is 431 g/mol. The fourth-order valence-corrected chi connectivity index (χ4v) is 4.77. The second-order valence-electron chi connectivity index (χ2n) is 9.17. The van der Waals surface area contributed by atoms with Crippen molar-refractivity contribution in [3.05, 3.63) is 23.4 Å². The van der Waals surface area contributed by atoms with E-state index in [1.807, 2.05) is 13.8 Å². The van der Waals surface area contributed by atoms with Crippen molar-refractivity contribution in [2.45, 2.75) is 103 Å². The molecule has 31 heavy (non-hydrogen) atoms. The van der Waals surface area contributed by atoms with Crippen LogP contribution in [-0.2, 0) is 17.6 Å². The Morgan fingerprint density at radius 1 is 1.16 bits per heavy atom. The van der Waals surface area contributed by atoms with E-state index >= 15 is 0 Å². The molecule has 1 aromatic rings. The van der Waals surface area contributed by atoms with Crippen LogP contribution in [0.4, 0.5) is 10.6 Å². The minimum absolute atomic E-state index is 0.171. The van der Waals surface area contributed by atoms with Gasteiger partial charge in [-0.15, -0.1) is 0 Å². The molecular formula is C24H38N4O3. The average Bonchev–Trinajstić information content (AvgIpc) is 3.09. The number of nitrogens with one attached hydrogen (secondary N) is 2. The van der Waals surface area contributed by atoms with E-state index in [2.05, 4.69) is 22.8 Å². The summed E-state index contributed by atoms with van der Waals surface area (Å²) in [5.74, 6) is 0.114. The van der Waals surface area contributed by atoms with E-state index in [1.165, 1.54) is 12.0 Å². The van der Waals surface area contributed by atoms with Crippen molar-refractivity contribution < 1.29 is 14.7 Å². The summed E-state index contributed by atoms with van der Waals surface area (Å²) in [6.07, 6.45) is 10.8. The number of amides is 2. The van der Waals surface area contributed by atoms with Crippen molar-refractivity contribution in [1.82, 2.24) is 15.2 Å². The van der Waals surface area contributed by atoms with E-state index in [9.17, 15) is 14.7 Å². The summed E-state index contributed by atoms with van der Waals surface area (Å²) in [5.41, 5.74) is 2.47. The highest BCUT2D eigenvalue weighted by Crippen LogP contribution is 2.24. The third-order valence-electron chi connectivity index (χ3n) is 6.66. The first-order valence-corrected chi connectivity index (χ1v) is 12.0. The minimum atomic E-state index is -0.944. The standard InChI is InChI=1S/C24H38N4O3/c1-17-12-13-18(2)28(17)24(31)27-21(23(29)30)11-7-5-3-4-6-10-20-15-14-19-9-8-16-25-22(19)26-20/h14-15,17-18,21H,3-13,16H2,1-2H3,(H,25,26)(H,27,31)(H,29,30)/t17-,18-,21+/m1/s1. The number of carboxylic acids is 1. The van der Waals surface area contributed by atoms with Crippen molar-refractivity contribution >= 4 is 17.8 Å². The van der Waals surface area contributed by atoms with Crippen molar-refractivity contribution in [1.29, 1.82) is 0 Å². The zero-order valence-corrected chi connectivity index (χ0v) is 19.0. The highest BCUT2D eigenvalue weighted by Gasteiger charge is 2.33. The number of pyridine rings is 1. The molecule has 7 heteroatoms. The van der Waals surface area contributed by atoms with Crippen molar-refractivity contribution in [2.75, 3.05) is 11.9 Å². The molecule has 0 bridgehead atoms. The lowest BCUT2D eigenvalue weighted by Crippen LogP contribution is -2.50. The number of carboxylic acid groups (broad SMARTS) is 1. The number of likely N-dealkylation sites (tertiary alicyclic amines) is 1. The highest BCUT2D eigenvalue weighted by molar-refractivity contribution is 5.83. The number of aromatic nitrogens is 1. The molecule has 3 heterocycles. The fraction of sp³-hybridized carbons (Fsp3) is 0.708. The Morgan fingerprint density at radius 3 is 2.61 bits per heavy atom. The number of hydrogen-bond donors (Lipinski definition) is 3. The monoisotopic (exact) mass is 430 g/mol. The first kappa shape index (κ1) is 23.4. The molecule has 3 N–H and O–H groups in total. The summed E-state index contributed by atoms with van der Waals surface area (Å²) >= 11 is 0. The van der Waals surface area contributed by atoms with Crippen LogP contribution < -0.4 is 10.6 Å². The molecule has 1 aromatic heterocycles. The number of aryl methyl sites for hydroxylation is 2. The van der Waals surface area contributed by atoms with E-state index in [0.717, 1.165) is 75.8 Å². The topological polar surface area (TPSA) is 94.6 Å². The van der Waals surface area contributed by atoms with Crippen molar-refractivity contribution in [3.63, 3.8) is 0 Å². The summed E-state index contributed by atoms with van der Waals surface area (Å²) in [6, 6.07) is 3.65. The predicted molar refractivity (Wildman–Crippen MR) is 122 cm³/mol. The van der Waals surface area contributed by atoms with E-state index in [0.29, 0.717) is 6.42 Å². The quantitative estimate of drug-likeness (QED) is 0.480. The van der Waals surface area contributed by atoms with Gasteiger partial charge in [-0.25, -0.2) is 14.6 Å². The van der Waals surface area contributed by atoms with Gasteiger partial charge in [0.1, 0.15) is 11.9 Å². The number of unbranched alkanes of at least 4 members (excludes halogenated alkanes) is 4. The van der Waals surface area contributed by atoms with E-state index in [1.54, 1.807) is 4.90 Å². The van der Waals surface area contributed by atoms with Crippen LogP contribution in [0, 0.1) is 0 Å². The van der Waals surface area contributed by atoms with Gasteiger partial charge in [0, 0.05) is 24.3 Å². The molecule has 0 aromatic carbocycles. The van der Waals surface area contributed by atoms with Gasteiger partial charge >= 0.3 is 12.0 Å². The number of anilines is 1. The van der Waals surface area contributed by atoms with Gasteiger partial charge in [-0.1, -0.05) is 31.7 Å². The van der Waals surface area contributed by atoms with Crippen LogP contribution in [-0.4, -0.2) is 51.7 Å². The fourth-order valence-electron chi connectivity index (χ4n) is 4.77. The lowest BCUT2D eigenvalue weighted by Gasteiger charge is -2.28.